The molecule has 0 amide bonds. The Morgan fingerprint density at radius 1 is 0.722 bits per heavy atom. The second-order valence-corrected chi connectivity index (χ2v) is 2.36. The van der Waals surface area contributed by atoms with Crippen LogP contribution in [-0.4, -0.2) is 22.9 Å². The standard InChI is InChI=1S/C16H6O2/c1-2-3-4-5-6-7-8-9-10-11-12-13-14-16(18)15-17/h1,16-18H,15H2. The van der Waals surface area contributed by atoms with Crippen LogP contribution in [-0.2, 0) is 0 Å². The molecule has 0 aromatic heterocycles. The summed E-state index contributed by atoms with van der Waals surface area (Å²) in [6, 6.07) is 0. The highest BCUT2D eigenvalue weighted by molar-refractivity contribution is 5.44. The van der Waals surface area contributed by atoms with Crippen LogP contribution in [0.5, 0.6) is 0 Å². The minimum Gasteiger partial charge on any atom is -0.393 e. The summed E-state index contributed by atoms with van der Waals surface area (Å²) in [4.78, 5) is 0. The lowest BCUT2D eigenvalue weighted by molar-refractivity contribution is 0.138. The smallest absolute Gasteiger partial charge is 0.138 e. The van der Waals surface area contributed by atoms with E-state index in [-0.39, 0.29) is 0 Å². The highest BCUT2D eigenvalue weighted by Gasteiger charge is 1.90. The zero-order valence-electron chi connectivity index (χ0n) is 9.26. The van der Waals surface area contributed by atoms with Gasteiger partial charge in [0.05, 0.1) is 6.61 Å². The van der Waals surface area contributed by atoms with Gasteiger partial charge in [0.25, 0.3) is 0 Å². The molecule has 0 aliphatic heterocycles. The summed E-state index contributed by atoms with van der Waals surface area (Å²) in [5.41, 5.74) is 0. The molecule has 0 fully saturated rings. The van der Waals surface area contributed by atoms with Crippen molar-refractivity contribution in [3.8, 4) is 83.4 Å². The van der Waals surface area contributed by atoms with Crippen molar-refractivity contribution in [1.82, 2.24) is 0 Å². The van der Waals surface area contributed by atoms with Gasteiger partial charge in [-0.1, -0.05) is 5.92 Å². The molecule has 0 spiro atoms. The SMILES string of the molecule is C#CC#CC#CC#CC#CC#CC#CC(O)CO. The van der Waals surface area contributed by atoms with Gasteiger partial charge in [-0.25, -0.2) is 0 Å². The third-order valence-electron chi connectivity index (χ3n) is 1.11. The molecule has 0 aromatic rings. The summed E-state index contributed by atoms with van der Waals surface area (Å²) >= 11 is 0. The highest BCUT2D eigenvalue weighted by Crippen LogP contribution is 1.72. The van der Waals surface area contributed by atoms with Gasteiger partial charge in [0.2, 0.25) is 0 Å². The zero-order valence-corrected chi connectivity index (χ0v) is 9.26. The topological polar surface area (TPSA) is 40.5 Å². The minimum absolute atomic E-state index is 0.424. The van der Waals surface area contributed by atoms with Crippen LogP contribution in [0.25, 0.3) is 0 Å². The van der Waals surface area contributed by atoms with Gasteiger partial charge in [0, 0.05) is 0 Å². The highest BCUT2D eigenvalue weighted by atomic mass is 16.3. The van der Waals surface area contributed by atoms with Crippen LogP contribution in [0, 0.1) is 83.4 Å². The normalized spacial score (nSPS) is 6.94. The summed E-state index contributed by atoms with van der Waals surface area (Å²) in [7, 11) is 0. The fourth-order valence-electron chi connectivity index (χ4n) is 0.482. The molecule has 82 valence electrons. The van der Waals surface area contributed by atoms with Crippen molar-refractivity contribution in [3.63, 3.8) is 0 Å². The van der Waals surface area contributed by atoms with E-state index in [2.05, 4.69) is 77.0 Å². The van der Waals surface area contributed by atoms with Crippen LogP contribution in [0.15, 0.2) is 0 Å². The van der Waals surface area contributed by atoms with E-state index in [1.54, 1.807) is 0 Å². The molecule has 2 heteroatoms. The quantitative estimate of drug-likeness (QED) is 0.567. The van der Waals surface area contributed by atoms with E-state index in [1.807, 2.05) is 0 Å². The van der Waals surface area contributed by atoms with Gasteiger partial charge in [0.1, 0.15) is 6.10 Å². The molecule has 18 heavy (non-hydrogen) atoms. The Kier molecular flexibility index (Phi) is 9.82. The molecule has 0 aliphatic carbocycles. The van der Waals surface area contributed by atoms with Crippen LogP contribution in [0.4, 0.5) is 0 Å². The van der Waals surface area contributed by atoms with Gasteiger partial charge in [-0.05, 0) is 71.0 Å². The van der Waals surface area contributed by atoms with E-state index in [0.29, 0.717) is 0 Å². The monoisotopic (exact) mass is 230 g/mol. The Hall–Kier alpha value is -3.16. The van der Waals surface area contributed by atoms with Crippen LogP contribution in [0.2, 0.25) is 0 Å². The lowest BCUT2D eigenvalue weighted by atomic mass is 10.4. The van der Waals surface area contributed by atoms with Gasteiger partial charge < -0.3 is 10.2 Å². The summed E-state index contributed by atoms with van der Waals surface area (Å²) in [6.45, 7) is -0.424. The first-order chi connectivity index (χ1) is 8.81. The van der Waals surface area contributed by atoms with Crippen molar-refractivity contribution in [2.24, 2.45) is 0 Å². The molecular weight excluding hydrogens is 224 g/mol. The van der Waals surface area contributed by atoms with Gasteiger partial charge in [-0.15, -0.1) is 6.42 Å². The summed E-state index contributed by atoms with van der Waals surface area (Å²) in [5, 5.41) is 17.3. The number of rotatable bonds is 1. The van der Waals surface area contributed by atoms with E-state index in [1.165, 1.54) is 0 Å². The van der Waals surface area contributed by atoms with Gasteiger partial charge >= 0.3 is 0 Å². The molecule has 0 bridgehead atoms. The molecule has 0 rings (SSSR count). The van der Waals surface area contributed by atoms with Crippen LogP contribution >= 0.6 is 0 Å². The number of terminal acetylenes is 1. The maximum absolute atomic E-state index is 8.83. The fourth-order valence-corrected chi connectivity index (χ4v) is 0.482. The third kappa shape index (κ3) is 10.9. The average molecular weight is 230 g/mol. The first-order valence-electron chi connectivity index (χ1n) is 4.56. The predicted octanol–water partition coefficient (Wildman–Crippen LogP) is -1.01. The first-order valence-corrected chi connectivity index (χ1v) is 4.56. The van der Waals surface area contributed by atoms with Crippen LogP contribution in [0.1, 0.15) is 0 Å². The summed E-state index contributed by atoms with van der Waals surface area (Å²) in [6.07, 6.45) is 3.79. The number of aliphatic hydroxyl groups excluding tert-OH is 2. The van der Waals surface area contributed by atoms with Crippen molar-refractivity contribution in [2.45, 2.75) is 6.10 Å². The van der Waals surface area contributed by atoms with Crippen LogP contribution in [0.3, 0.4) is 0 Å². The average Bonchev–Trinajstić information content (AvgIpc) is 2.39. The number of hydrogen-bond acceptors (Lipinski definition) is 2. The van der Waals surface area contributed by atoms with Crippen molar-refractivity contribution in [3.05, 3.63) is 0 Å². The molecule has 1 atom stereocenters. The van der Waals surface area contributed by atoms with Crippen molar-refractivity contribution >= 4 is 0 Å². The fraction of sp³-hybridized carbons (Fsp3) is 0.125. The minimum atomic E-state index is -1.08. The maximum Gasteiger partial charge on any atom is 0.138 e. The molecule has 2 N–H and O–H groups in total. The zero-order chi connectivity index (χ0) is 13.5. The molecule has 0 heterocycles. The molecular formula is C16H6O2. The van der Waals surface area contributed by atoms with Crippen molar-refractivity contribution < 1.29 is 10.2 Å². The Morgan fingerprint density at radius 2 is 1.11 bits per heavy atom. The van der Waals surface area contributed by atoms with E-state index in [0.717, 1.165) is 0 Å². The Bertz CT molecular complexity index is 682. The van der Waals surface area contributed by atoms with E-state index in [9.17, 15) is 0 Å². The largest absolute Gasteiger partial charge is 0.393 e. The summed E-state index contributed by atoms with van der Waals surface area (Å²) in [5.74, 6) is 30.7. The second-order valence-electron chi connectivity index (χ2n) is 2.36. The molecule has 0 saturated carbocycles. The molecule has 0 aliphatic rings. The first kappa shape index (κ1) is 14.8. The Morgan fingerprint density at radius 3 is 1.50 bits per heavy atom. The van der Waals surface area contributed by atoms with Gasteiger partial charge in [-0.3, -0.25) is 0 Å². The number of aliphatic hydroxyl groups is 2. The Balaban J connectivity index is 4.25. The molecule has 0 radical (unpaired) electrons. The third-order valence-corrected chi connectivity index (χ3v) is 1.11. The second kappa shape index (κ2) is 11.9. The van der Waals surface area contributed by atoms with E-state index >= 15 is 0 Å². The molecule has 0 aromatic carbocycles. The van der Waals surface area contributed by atoms with E-state index in [4.69, 9.17) is 16.6 Å². The van der Waals surface area contributed by atoms with Gasteiger partial charge in [0.15, 0.2) is 0 Å². The van der Waals surface area contributed by atoms with E-state index < -0.39 is 12.7 Å². The maximum atomic E-state index is 8.83. The molecule has 2 nitrogen and oxygen atoms in total. The summed E-state index contributed by atoms with van der Waals surface area (Å²) < 4.78 is 0. The Labute approximate surface area is 107 Å². The van der Waals surface area contributed by atoms with Gasteiger partial charge in [-0.2, -0.15) is 0 Å². The van der Waals surface area contributed by atoms with Crippen molar-refractivity contribution in [1.29, 1.82) is 0 Å². The van der Waals surface area contributed by atoms with Crippen molar-refractivity contribution in [2.75, 3.05) is 6.61 Å². The molecule has 1 unspecified atom stereocenters. The molecule has 0 saturated heterocycles. The lowest BCUT2D eigenvalue weighted by Crippen LogP contribution is -2.07. The lowest BCUT2D eigenvalue weighted by Gasteiger charge is -1.90. The predicted molar refractivity (Wildman–Crippen MR) is 68.6 cm³/mol. The number of hydrogen-bond donors (Lipinski definition) is 2. The van der Waals surface area contributed by atoms with Crippen LogP contribution < -0.4 is 0 Å².